The van der Waals surface area contributed by atoms with Crippen molar-refractivity contribution < 1.29 is 27.9 Å². The molecule has 0 aromatic rings. The molecule has 110 valence electrons. The lowest BCUT2D eigenvalue weighted by molar-refractivity contribution is -0.151. The number of carboxylic acids is 1. The molecule has 1 amide bonds. The molecule has 0 atom stereocenters. The maximum Gasteiger partial charge on any atom is 0.401 e. The number of carbonyl (C=O) groups is 2. The highest BCUT2D eigenvalue weighted by atomic mass is 19.4. The molecular weight excluding hydrogens is 265 g/mol. The third kappa shape index (κ3) is 6.42. The molecule has 1 aliphatic heterocycles. The fraction of sp³-hybridized carbons (Fsp3) is 0.818. The summed E-state index contributed by atoms with van der Waals surface area (Å²) in [4.78, 5) is 24.7. The highest BCUT2D eigenvalue weighted by Crippen LogP contribution is 2.17. The van der Waals surface area contributed by atoms with Crippen LogP contribution < -0.4 is 0 Å². The van der Waals surface area contributed by atoms with Crippen molar-refractivity contribution in [2.45, 2.75) is 25.4 Å². The van der Waals surface area contributed by atoms with E-state index in [1.54, 1.807) is 0 Å². The van der Waals surface area contributed by atoms with Gasteiger partial charge < -0.3 is 10.0 Å². The molecule has 19 heavy (non-hydrogen) atoms. The quantitative estimate of drug-likeness (QED) is 0.815. The summed E-state index contributed by atoms with van der Waals surface area (Å²) < 4.78 is 36.5. The van der Waals surface area contributed by atoms with Crippen LogP contribution in [0.15, 0.2) is 0 Å². The van der Waals surface area contributed by atoms with E-state index in [9.17, 15) is 22.8 Å². The number of amides is 1. The predicted octanol–water partition coefficient (Wildman–Crippen LogP) is 0.948. The monoisotopic (exact) mass is 282 g/mol. The number of aliphatic carboxylic acids is 1. The minimum Gasteiger partial charge on any atom is -0.481 e. The Morgan fingerprint density at radius 2 is 1.63 bits per heavy atom. The summed E-state index contributed by atoms with van der Waals surface area (Å²) in [7, 11) is 0. The minimum absolute atomic E-state index is 0.0697. The summed E-state index contributed by atoms with van der Waals surface area (Å²) >= 11 is 0. The first-order chi connectivity index (χ1) is 8.78. The average molecular weight is 282 g/mol. The molecule has 1 aliphatic rings. The Hall–Kier alpha value is -1.31. The predicted molar refractivity (Wildman–Crippen MR) is 60.6 cm³/mol. The summed E-state index contributed by atoms with van der Waals surface area (Å²) in [6.45, 7) is -0.0215. The lowest BCUT2D eigenvalue weighted by Crippen LogP contribution is -2.50. The van der Waals surface area contributed by atoms with Crippen LogP contribution in [-0.4, -0.2) is 65.7 Å². The molecule has 1 N–H and O–H groups in total. The number of carbonyl (C=O) groups excluding carboxylic acids is 1. The third-order valence-corrected chi connectivity index (χ3v) is 2.91. The fourth-order valence-electron chi connectivity index (χ4n) is 1.96. The second-order valence-corrected chi connectivity index (χ2v) is 4.52. The smallest absolute Gasteiger partial charge is 0.401 e. The largest absolute Gasteiger partial charge is 0.481 e. The fourth-order valence-corrected chi connectivity index (χ4v) is 1.96. The van der Waals surface area contributed by atoms with Crippen molar-refractivity contribution in [3.63, 3.8) is 0 Å². The van der Waals surface area contributed by atoms with Gasteiger partial charge in [0.2, 0.25) is 5.91 Å². The van der Waals surface area contributed by atoms with Crippen LogP contribution in [0.1, 0.15) is 19.3 Å². The SMILES string of the molecule is O=C(O)CCCC(=O)N1CCN(CC(F)(F)F)CC1. The van der Waals surface area contributed by atoms with Crippen molar-refractivity contribution in [1.82, 2.24) is 9.80 Å². The number of alkyl halides is 3. The van der Waals surface area contributed by atoms with Crippen LogP contribution in [-0.2, 0) is 9.59 Å². The highest BCUT2D eigenvalue weighted by molar-refractivity contribution is 5.77. The zero-order chi connectivity index (χ0) is 14.5. The van der Waals surface area contributed by atoms with Gasteiger partial charge in [-0.05, 0) is 6.42 Å². The second-order valence-electron chi connectivity index (χ2n) is 4.52. The molecule has 1 heterocycles. The van der Waals surface area contributed by atoms with Crippen molar-refractivity contribution in [2.75, 3.05) is 32.7 Å². The Kier molecular flexibility index (Phi) is 5.59. The van der Waals surface area contributed by atoms with Gasteiger partial charge in [0, 0.05) is 39.0 Å². The van der Waals surface area contributed by atoms with E-state index in [-0.39, 0.29) is 51.3 Å². The minimum atomic E-state index is -4.21. The lowest BCUT2D eigenvalue weighted by atomic mass is 10.2. The zero-order valence-corrected chi connectivity index (χ0v) is 10.4. The second kappa shape index (κ2) is 6.74. The van der Waals surface area contributed by atoms with Gasteiger partial charge in [0.05, 0.1) is 6.54 Å². The van der Waals surface area contributed by atoms with E-state index in [0.29, 0.717) is 0 Å². The number of hydrogen-bond acceptors (Lipinski definition) is 3. The average Bonchev–Trinajstić information content (AvgIpc) is 2.27. The first kappa shape index (κ1) is 15.7. The molecule has 0 bridgehead atoms. The molecule has 0 aromatic carbocycles. The van der Waals surface area contributed by atoms with Gasteiger partial charge in [-0.15, -0.1) is 0 Å². The molecular formula is C11H17F3N2O3. The number of piperazine rings is 1. The number of halogens is 3. The van der Waals surface area contributed by atoms with Gasteiger partial charge in [-0.25, -0.2) is 0 Å². The van der Waals surface area contributed by atoms with E-state index in [2.05, 4.69) is 0 Å². The van der Waals surface area contributed by atoms with Gasteiger partial charge >= 0.3 is 12.1 Å². The van der Waals surface area contributed by atoms with Crippen LogP contribution in [0.5, 0.6) is 0 Å². The van der Waals surface area contributed by atoms with Gasteiger partial charge in [0.25, 0.3) is 0 Å². The number of nitrogens with zero attached hydrogens (tertiary/aromatic N) is 2. The van der Waals surface area contributed by atoms with E-state index in [1.165, 1.54) is 9.80 Å². The molecule has 1 rings (SSSR count). The standard InChI is InChI=1S/C11H17F3N2O3/c12-11(13,14)8-15-4-6-16(7-5-15)9(17)2-1-3-10(18)19/h1-8H2,(H,18,19). The molecule has 0 spiro atoms. The topological polar surface area (TPSA) is 60.9 Å². The summed E-state index contributed by atoms with van der Waals surface area (Å²) in [6.07, 6.45) is -3.89. The lowest BCUT2D eigenvalue weighted by Gasteiger charge is -2.35. The molecule has 1 saturated heterocycles. The first-order valence-electron chi connectivity index (χ1n) is 6.06. The van der Waals surface area contributed by atoms with Gasteiger partial charge in [-0.1, -0.05) is 0 Å². The summed E-state index contributed by atoms with van der Waals surface area (Å²) in [5.74, 6) is -1.14. The molecule has 5 nitrogen and oxygen atoms in total. The van der Waals surface area contributed by atoms with E-state index in [0.717, 1.165) is 0 Å². The van der Waals surface area contributed by atoms with Crippen LogP contribution in [0.2, 0.25) is 0 Å². The Balaban J connectivity index is 2.25. The van der Waals surface area contributed by atoms with Gasteiger partial charge in [-0.2, -0.15) is 13.2 Å². The van der Waals surface area contributed by atoms with Crippen LogP contribution in [0.4, 0.5) is 13.2 Å². The molecule has 0 unspecified atom stereocenters. The zero-order valence-electron chi connectivity index (χ0n) is 10.4. The Morgan fingerprint density at radius 1 is 1.05 bits per heavy atom. The van der Waals surface area contributed by atoms with Crippen LogP contribution in [0.25, 0.3) is 0 Å². The van der Waals surface area contributed by atoms with Crippen molar-refractivity contribution in [3.8, 4) is 0 Å². The number of carboxylic acid groups (broad SMARTS) is 1. The highest BCUT2D eigenvalue weighted by Gasteiger charge is 2.32. The summed E-state index contributed by atoms with van der Waals surface area (Å²) in [6, 6.07) is 0. The van der Waals surface area contributed by atoms with Gasteiger partial charge in [0.15, 0.2) is 0 Å². The molecule has 0 aromatic heterocycles. The number of hydrogen-bond donors (Lipinski definition) is 1. The van der Waals surface area contributed by atoms with E-state index in [1.807, 2.05) is 0 Å². The Bertz CT molecular complexity index is 326. The Morgan fingerprint density at radius 3 is 2.11 bits per heavy atom. The first-order valence-corrected chi connectivity index (χ1v) is 6.06. The van der Waals surface area contributed by atoms with Crippen LogP contribution >= 0.6 is 0 Å². The summed E-state index contributed by atoms with van der Waals surface area (Å²) in [5.41, 5.74) is 0. The molecule has 0 aliphatic carbocycles. The maximum atomic E-state index is 12.2. The van der Waals surface area contributed by atoms with E-state index < -0.39 is 18.7 Å². The van der Waals surface area contributed by atoms with Crippen molar-refractivity contribution in [3.05, 3.63) is 0 Å². The van der Waals surface area contributed by atoms with Crippen molar-refractivity contribution >= 4 is 11.9 Å². The van der Waals surface area contributed by atoms with Crippen molar-refractivity contribution in [2.24, 2.45) is 0 Å². The van der Waals surface area contributed by atoms with Gasteiger partial charge in [-0.3, -0.25) is 14.5 Å². The molecule has 1 fully saturated rings. The normalized spacial score (nSPS) is 17.5. The Labute approximate surface area is 109 Å². The van der Waals surface area contributed by atoms with Gasteiger partial charge in [0.1, 0.15) is 0 Å². The molecule has 0 radical (unpaired) electrons. The molecule has 0 saturated carbocycles. The van der Waals surface area contributed by atoms with E-state index in [4.69, 9.17) is 5.11 Å². The van der Waals surface area contributed by atoms with Crippen LogP contribution in [0.3, 0.4) is 0 Å². The maximum absolute atomic E-state index is 12.2. The van der Waals surface area contributed by atoms with Crippen molar-refractivity contribution in [1.29, 1.82) is 0 Å². The van der Waals surface area contributed by atoms with E-state index >= 15 is 0 Å². The molecule has 8 heteroatoms. The third-order valence-electron chi connectivity index (χ3n) is 2.91. The summed E-state index contributed by atoms with van der Waals surface area (Å²) in [5, 5.41) is 8.44. The number of rotatable bonds is 5. The van der Waals surface area contributed by atoms with Crippen LogP contribution in [0, 0.1) is 0 Å².